The van der Waals surface area contributed by atoms with E-state index >= 15 is 0 Å². The Morgan fingerprint density at radius 2 is 2.05 bits per heavy atom. The average Bonchev–Trinajstić information content (AvgIpc) is 2.46. The van der Waals surface area contributed by atoms with Crippen molar-refractivity contribution < 1.29 is 0 Å². The van der Waals surface area contributed by atoms with Crippen molar-refractivity contribution >= 4 is 17.4 Å². The van der Waals surface area contributed by atoms with Crippen molar-refractivity contribution in [2.24, 2.45) is 5.73 Å². The maximum Gasteiger partial charge on any atom is 0.0422 e. The van der Waals surface area contributed by atoms with Gasteiger partial charge in [-0.05, 0) is 51.4 Å². The number of likely N-dealkylation sites (tertiary alicyclic amines) is 1. The van der Waals surface area contributed by atoms with Gasteiger partial charge in [-0.15, -0.1) is 11.8 Å². The predicted octanol–water partition coefficient (Wildman–Crippen LogP) is 2.40. The monoisotopic (exact) mass is 279 g/mol. The number of nitrogens with zero attached hydrogens (tertiary/aromatic N) is 2. The Labute approximate surface area is 121 Å². The summed E-state index contributed by atoms with van der Waals surface area (Å²) in [5.41, 5.74) is 8.57. The maximum absolute atomic E-state index is 5.97. The van der Waals surface area contributed by atoms with E-state index in [1.165, 1.54) is 42.1 Å². The van der Waals surface area contributed by atoms with Crippen molar-refractivity contribution in [3.8, 4) is 0 Å². The van der Waals surface area contributed by atoms with Gasteiger partial charge >= 0.3 is 0 Å². The Morgan fingerprint density at radius 1 is 1.37 bits per heavy atom. The number of piperidine rings is 1. The normalized spacial score (nSPS) is 17.7. The zero-order valence-electron chi connectivity index (χ0n) is 12.2. The SMILES string of the molecule is CSc1cccc(N(C)C2CCN(C)CC2)c1CN. The smallest absolute Gasteiger partial charge is 0.0422 e. The Hall–Kier alpha value is -0.710. The van der Waals surface area contributed by atoms with Crippen molar-refractivity contribution in [3.05, 3.63) is 23.8 Å². The third kappa shape index (κ3) is 3.25. The summed E-state index contributed by atoms with van der Waals surface area (Å²) in [5, 5.41) is 0. The number of anilines is 1. The van der Waals surface area contributed by atoms with Crippen molar-refractivity contribution in [1.82, 2.24) is 4.90 Å². The second-order valence-electron chi connectivity index (χ2n) is 5.31. The molecule has 0 atom stereocenters. The van der Waals surface area contributed by atoms with Gasteiger partial charge in [0.2, 0.25) is 0 Å². The molecule has 4 heteroatoms. The van der Waals surface area contributed by atoms with Gasteiger partial charge in [-0.1, -0.05) is 6.07 Å². The quantitative estimate of drug-likeness (QED) is 0.858. The molecular formula is C15H25N3S. The van der Waals surface area contributed by atoms with E-state index in [1.54, 1.807) is 11.8 Å². The molecule has 1 aliphatic heterocycles. The molecule has 3 nitrogen and oxygen atoms in total. The van der Waals surface area contributed by atoms with Crippen molar-refractivity contribution in [2.45, 2.75) is 30.3 Å². The van der Waals surface area contributed by atoms with Gasteiger partial charge in [-0.2, -0.15) is 0 Å². The minimum Gasteiger partial charge on any atom is -0.371 e. The fraction of sp³-hybridized carbons (Fsp3) is 0.600. The van der Waals surface area contributed by atoms with Crippen molar-refractivity contribution in [1.29, 1.82) is 0 Å². The minimum atomic E-state index is 0.614. The first-order valence-electron chi connectivity index (χ1n) is 6.94. The van der Waals surface area contributed by atoms with E-state index < -0.39 is 0 Å². The molecule has 1 heterocycles. The molecule has 106 valence electrons. The summed E-state index contributed by atoms with van der Waals surface area (Å²) in [4.78, 5) is 6.15. The Bertz CT molecular complexity index is 414. The van der Waals surface area contributed by atoms with Gasteiger partial charge in [0.05, 0.1) is 0 Å². The Kier molecular flexibility index (Phi) is 5.13. The molecule has 0 unspecified atom stereocenters. The molecule has 1 fully saturated rings. The largest absolute Gasteiger partial charge is 0.371 e. The number of benzene rings is 1. The summed E-state index contributed by atoms with van der Waals surface area (Å²) < 4.78 is 0. The summed E-state index contributed by atoms with van der Waals surface area (Å²) in [6.45, 7) is 2.99. The summed E-state index contributed by atoms with van der Waals surface area (Å²) in [6, 6.07) is 7.16. The summed E-state index contributed by atoms with van der Waals surface area (Å²) in [7, 11) is 4.42. The third-order valence-electron chi connectivity index (χ3n) is 4.15. The third-order valence-corrected chi connectivity index (χ3v) is 4.97. The highest BCUT2D eigenvalue weighted by Gasteiger charge is 2.22. The molecule has 2 N–H and O–H groups in total. The highest BCUT2D eigenvalue weighted by Crippen LogP contribution is 2.31. The van der Waals surface area contributed by atoms with Gasteiger partial charge < -0.3 is 15.5 Å². The van der Waals surface area contributed by atoms with Crippen molar-refractivity contribution in [2.75, 3.05) is 38.3 Å². The molecule has 0 spiro atoms. The highest BCUT2D eigenvalue weighted by atomic mass is 32.2. The number of hydrogen-bond acceptors (Lipinski definition) is 4. The Morgan fingerprint density at radius 3 is 2.63 bits per heavy atom. The minimum absolute atomic E-state index is 0.614. The first-order valence-corrected chi connectivity index (χ1v) is 8.17. The molecule has 0 aromatic heterocycles. The predicted molar refractivity (Wildman–Crippen MR) is 85.0 cm³/mol. The van der Waals surface area contributed by atoms with E-state index in [0.717, 1.165) is 0 Å². The van der Waals surface area contributed by atoms with E-state index in [9.17, 15) is 0 Å². The van der Waals surface area contributed by atoms with E-state index in [0.29, 0.717) is 12.6 Å². The number of rotatable bonds is 4. The summed E-state index contributed by atoms with van der Waals surface area (Å²) in [5.74, 6) is 0. The lowest BCUT2D eigenvalue weighted by Gasteiger charge is -2.37. The Balaban J connectivity index is 2.21. The molecule has 0 radical (unpaired) electrons. The molecule has 0 bridgehead atoms. The van der Waals surface area contributed by atoms with Crippen LogP contribution in [-0.2, 0) is 6.54 Å². The van der Waals surface area contributed by atoms with E-state index in [4.69, 9.17) is 5.73 Å². The number of hydrogen-bond donors (Lipinski definition) is 1. The van der Waals surface area contributed by atoms with Gasteiger partial charge in [0.25, 0.3) is 0 Å². The molecule has 1 aromatic rings. The van der Waals surface area contributed by atoms with Crippen LogP contribution in [-0.4, -0.2) is 44.4 Å². The first-order chi connectivity index (χ1) is 9.17. The van der Waals surface area contributed by atoms with Gasteiger partial charge in [-0.25, -0.2) is 0 Å². The standard InChI is InChI=1S/C15H25N3S/c1-17-9-7-12(8-10-17)18(2)14-5-4-6-15(19-3)13(14)11-16/h4-6,12H,7-11,16H2,1-3H3. The van der Waals surface area contributed by atoms with Gasteiger partial charge in [0, 0.05) is 35.8 Å². The molecule has 2 rings (SSSR count). The zero-order valence-corrected chi connectivity index (χ0v) is 13.0. The van der Waals surface area contributed by atoms with Crippen LogP contribution in [0.3, 0.4) is 0 Å². The van der Waals surface area contributed by atoms with Crippen LogP contribution in [0.4, 0.5) is 5.69 Å². The summed E-state index contributed by atoms with van der Waals surface area (Å²) in [6.07, 6.45) is 4.59. The van der Waals surface area contributed by atoms with Crippen LogP contribution in [0, 0.1) is 0 Å². The van der Waals surface area contributed by atoms with Crippen LogP contribution in [0.1, 0.15) is 18.4 Å². The lowest BCUT2D eigenvalue weighted by Crippen LogP contribution is -2.42. The average molecular weight is 279 g/mol. The number of thioether (sulfide) groups is 1. The van der Waals surface area contributed by atoms with E-state index in [1.807, 2.05) is 0 Å². The number of nitrogens with two attached hydrogens (primary N) is 1. The van der Waals surface area contributed by atoms with Crippen LogP contribution in [0.25, 0.3) is 0 Å². The lowest BCUT2D eigenvalue weighted by atomic mass is 10.0. The van der Waals surface area contributed by atoms with Gasteiger partial charge in [0.15, 0.2) is 0 Å². The summed E-state index contributed by atoms with van der Waals surface area (Å²) >= 11 is 1.78. The van der Waals surface area contributed by atoms with Gasteiger partial charge in [-0.3, -0.25) is 0 Å². The van der Waals surface area contributed by atoms with Crippen molar-refractivity contribution in [3.63, 3.8) is 0 Å². The fourth-order valence-electron chi connectivity index (χ4n) is 2.86. The molecular weight excluding hydrogens is 254 g/mol. The molecule has 0 aliphatic carbocycles. The molecule has 1 aliphatic rings. The van der Waals surface area contributed by atoms with Crippen LogP contribution in [0.5, 0.6) is 0 Å². The maximum atomic E-state index is 5.97. The van der Waals surface area contributed by atoms with Crippen LogP contribution in [0.2, 0.25) is 0 Å². The van der Waals surface area contributed by atoms with E-state index in [-0.39, 0.29) is 0 Å². The molecule has 0 saturated carbocycles. The molecule has 19 heavy (non-hydrogen) atoms. The highest BCUT2D eigenvalue weighted by molar-refractivity contribution is 7.98. The topological polar surface area (TPSA) is 32.5 Å². The molecule has 1 aromatic carbocycles. The second-order valence-corrected chi connectivity index (χ2v) is 6.16. The zero-order chi connectivity index (χ0) is 13.8. The second kappa shape index (κ2) is 6.64. The van der Waals surface area contributed by atoms with Crippen LogP contribution in [0.15, 0.2) is 23.1 Å². The first kappa shape index (κ1) is 14.7. The van der Waals surface area contributed by atoms with Crippen LogP contribution >= 0.6 is 11.8 Å². The van der Waals surface area contributed by atoms with Gasteiger partial charge in [0.1, 0.15) is 0 Å². The lowest BCUT2D eigenvalue weighted by molar-refractivity contribution is 0.252. The fourth-order valence-corrected chi connectivity index (χ4v) is 3.51. The molecule has 0 amide bonds. The molecule has 1 saturated heterocycles. The van der Waals surface area contributed by atoms with E-state index in [2.05, 4.69) is 48.4 Å². The van der Waals surface area contributed by atoms with Crippen LogP contribution < -0.4 is 10.6 Å².